The molecule has 2 aromatic carbocycles. The summed E-state index contributed by atoms with van der Waals surface area (Å²) in [6, 6.07) is 14.4. The number of aromatic nitrogens is 4. The van der Waals surface area contributed by atoms with E-state index >= 15 is 0 Å². The topological polar surface area (TPSA) is 101 Å². The normalized spacial score (nSPS) is 21.5. The third kappa shape index (κ3) is 6.35. The lowest BCUT2D eigenvalue weighted by atomic mass is 10.0. The van der Waals surface area contributed by atoms with E-state index in [2.05, 4.69) is 45.5 Å². The molecule has 0 radical (unpaired) electrons. The SMILES string of the molecule is Cc1ccc2c(cnn2C2CCCCO2)c1N1CCc2c(N3CCN(C(=O)OCc4ccccc4)CC3)nc(=O)n(C[C@@H]3CCCN3C)c2C1. The summed E-state index contributed by atoms with van der Waals surface area (Å²) < 4.78 is 15.7. The number of piperazine rings is 1. The third-order valence-electron chi connectivity index (χ3n) is 11.2. The maximum absolute atomic E-state index is 14.0. The van der Waals surface area contributed by atoms with Crippen LogP contribution in [0.2, 0.25) is 0 Å². The Morgan fingerprint density at radius 3 is 2.56 bits per heavy atom. The number of likely N-dealkylation sites (N-methyl/N-ethyl adjacent to an activating group) is 1. The summed E-state index contributed by atoms with van der Waals surface area (Å²) in [5.74, 6) is 0.773. The summed E-state index contributed by atoms with van der Waals surface area (Å²) in [5.41, 5.74) is 6.43. The Labute approximate surface area is 293 Å². The maximum Gasteiger partial charge on any atom is 0.410 e. The summed E-state index contributed by atoms with van der Waals surface area (Å²) in [6.07, 6.45) is 7.85. The minimum atomic E-state index is -0.307. The Morgan fingerprint density at radius 2 is 1.80 bits per heavy atom. The number of carbonyl (C=O) groups is 1. The molecule has 4 aromatic rings. The number of fused-ring (bicyclic) bond motifs is 2. The molecule has 0 saturated carbocycles. The first-order valence-electron chi connectivity index (χ1n) is 18.3. The maximum atomic E-state index is 14.0. The lowest BCUT2D eigenvalue weighted by Gasteiger charge is -2.39. The first kappa shape index (κ1) is 32.8. The van der Waals surface area contributed by atoms with Crippen LogP contribution in [0.1, 0.15) is 60.7 Å². The monoisotopic (exact) mass is 680 g/mol. The van der Waals surface area contributed by atoms with E-state index in [-0.39, 0.29) is 24.6 Å². The van der Waals surface area contributed by atoms with Gasteiger partial charge in [0.05, 0.1) is 23.9 Å². The largest absolute Gasteiger partial charge is 0.445 e. The number of carbonyl (C=O) groups excluding carboxylic acids is 1. The highest BCUT2D eigenvalue weighted by atomic mass is 16.6. The Morgan fingerprint density at radius 1 is 0.960 bits per heavy atom. The van der Waals surface area contributed by atoms with Crippen molar-refractivity contribution in [2.75, 3.05) is 62.7 Å². The molecule has 1 unspecified atom stereocenters. The van der Waals surface area contributed by atoms with Gasteiger partial charge in [0.25, 0.3) is 0 Å². The molecule has 0 aliphatic carbocycles. The minimum Gasteiger partial charge on any atom is -0.445 e. The minimum absolute atomic E-state index is 0.0349. The van der Waals surface area contributed by atoms with E-state index in [1.807, 2.05) is 41.1 Å². The molecular formula is C38H48N8O4. The molecule has 0 N–H and O–H groups in total. The van der Waals surface area contributed by atoms with Crippen molar-refractivity contribution in [3.8, 4) is 0 Å². The van der Waals surface area contributed by atoms with Crippen LogP contribution >= 0.6 is 0 Å². The summed E-state index contributed by atoms with van der Waals surface area (Å²) in [5, 5.41) is 5.96. The number of nitrogens with zero attached hydrogens (tertiary/aromatic N) is 8. The summed E-state index contributed by atoms with van der Waals surface area (Å²) >= 11 is 0. The second kappa shape index (κ2) is 14.1. The summed E-state index contributed by atoms with van der Waals surface area (Å²) in [4.78, 5) is 40.5. The summed E-state index contributed by atoms with van der Waals surface area (Å²) in [7, 11) is 2.16. The number of hydrogen-bond donors (Lipinski definition) is 0. The Bertz CT molecular complexity index is 1890. The number of rotatable bonds is 7. The highest BCUT2D eigenvalue weighted by Crippen LogP contribution is 2.37. The lowest BCUT2D eigenvalue weighted by molar-refractivity contribution is -0.0366. The van der Waals surface area contributed by atoms with Crippen LogP contribution < -0.4 is 15.5 Å². The molecule has 0 spiro atoms. The van der Waals surface area contributed by atoms with Gasteiger partial charge in [0.2, 0.25) is 0 Å². The van der Waals surface area contributed by atoms with Gasteiger partial charge >= 0.3 is 11.8 Å². The van der Waals surface area contributed by atoms with E-state index in [1.165, 1.54) is 11.3 Å². The van der Waals surface area contributed by atoms with Crippen LogP contribution in [0.3, 0.4) is 0 Å². The van der Waals surface area contributed by atoms with Crippen molar-refractivity contribution in [2.45, 2.75) is 77.4 Å². The first-order valence-corrected chi connectivity index (χ1v) is 18.3. The van der Waals surface area contributed by atoms with Crippen molar-refractivity contribution in [2.24, 2.45) is 0 Å². The molecule has 12 heteroatoms. The van der Waals surface area contributed by atoms with Gasteiger partial charge in [0.1, 0.15) is 12.4 Å². The van der Waals surface area contributed by atoms with Gasteiger partial charge < -0.3 is 29.1 Å². The number of anilines is 2. The molecule has 1 amide bonds. The van der Waals surface area contributed by atoms with Gasteiger partial charge in [-0.05, 0) is 76.2 Å². The van der Waals surface area contributed by atoms with Gasteiger partial charge in [0.15, 0.2) is 6.23 Å². The molecule has 3 fully saturated rings. The predicted molar refractivity (Wildman–Crippen MR) is 193 cm³/mol. The molecule has 0 bridgehead atoms. The zero-order valence-electron chi connectivity index (χ0n) is 29.3. The van der Waals surface area contributed by atoms with Crippen LogP contribution in [0.15, 0.2) is 53.5 Å². The van der Waals surface area contributed by atoms with E-state index in [4.69, 9.17) is 19.6 Å². The van der Waals surface area contributed by atoms with Crippen molar-refractivity contribution in [3.63, 3.8) is 0 Å². The Kier molecular flexibility index (Phi) is 9.22. The molecule has 8 rings (SSSR count). The van der Waals surface area contributed by atoms with Gasteiger partial charge in [-0.3, -0.25) is 4.57 Å². The smallest absolute Gasteiger partial charge is 0.410 e. The molecule has 12 nitrogen and oxygen atoms in total. The number of likely N-dealkylation sites (tertiary alicyclic amines) is 1. The van der Waals surface area contributed by atoms with Gasteiger partial charge in [0, 0.05) is 68.6 Å². The average Bonchev–Trinajstić information content (AvgIpc) is 3.77. The van der Waals surface area contributed by atoms with E-state index in [0.717, 1.165) is 91.8 Å². The van der Waals surface area contributed by atoms with E-state index < -0.39 is 0 Å². The van der Waals surface area contributed by atoms with Crippen LogP contribution in [0.5, 0.6) is 0 Å². The Hall–Kier alpha value is -4.42. The number of amides is 1. The van der Waals surface area contributed by atoms with Crippen molar-refractivity contribution >= 4 is 28.5 Å². The molecule has 264 valence electrons. The van der Waals surface area contributed by atoms with E-state index in [9.17, 15) is 9.59 Å². The highest BCUT2D eigenvalue weighted by molar-refractivity contribution is 5.94. The number of aryl methyl sites for hydroxylation is 1. The van der Waals surface area contributed by atoms with Crippen LogP contribution in [-0.4, -0.2) is 94.2 Å². The second-order valence-electron chi connectivity index (χ2n) is 14.3. The van der Waals surface area contributed by atoms with Crippen molar-refractivity contribution in [3.05, 3.63) is 81.5 Å². The quantitative estimate of drug-likeness (QED) is 0.275. The fraction of sp³-hybridized carbons (Fsp3) is 0.526. The lowest BCUT2D eigenvalue weighted by Crippen LogP contribution is -2.50. The van der Waals surface area contributed by atoms with Crippen LogP contribution in [0.25, 0.3) is 10.9 Å². The predicted octanol–water partition coefficient (Wildman–Crippen LogP) is 4.72. The summed E-state index contributed by atoms with van der Waals surface area (Å²) in [6.45, 7) is 8.53. The fourth-order valence-electron chi connectivity index (χ4n) is 8.32. The highest BCUT2D eigenvalue weighted by Gasteiger charge is 2.33. The molecule has 3 saturated heterocycles. The Balaban J connectivity index is 1.07. The molecule has 6 heterocycles. The van der Waals surface area contributed by atoms with Crippen LogP contribution in [-0.2, 0) is 35.6 Å². The van der Waals surface area contributed by atoms with Gasteiger partial charge in [-0.25, -0.2) is 14.3 Å². The van der Waals surface area contributed by atoms with Gasteiger partial charge in [-0.1, -0.05) is 36.4 Å². The standard InChI is InChI=1S/C38H48N8O4/c1-27-13-14-32-31(23-39-46(32)34-12-6-7-22-49-34)35(27)44-17-15-30-33(25-44)45(24-29-11-8-16-41(29)2)37(47)40-36(30)42-18-20-43(21-19-42)38(48)50-26-28-9-4-3-5-10-28/h3-5,9-10,13-14,23,29,34H,6-8,11-12,15-22,24-26H2,1-2H3/t29-,34?/m0/s1. The third-order valence-corrected chi connectivity index (χ3v) is 11.2. The zero-order valence-corrected chi connectivity index (χ0v) is 29.3. The number of benzene rings is 2. The van der Waals surface area contributed by atoms with Gasteiger partial charge in [-0.2, -0.15) is 10.1 Å². The molecule has 50 heavy (non-hydrogen) atoms. The molecule has 4 aliphatic heterocycles. The second-order valence-corrected chi connectivity index (χ2v) is 14.3. The first-order chi connectivity index (χ1) is 24.4. The van der Waals surface area contributed by atoms with Crippen LogP contribution in [0, 0.1) is 6.92 Å². The van der Waals surface area contributed by atoms with E-state index in [0.29, 0.717) is 45.3 Å². The molecule has 2 atom stereocenters. The molecule has 4 aliphatic rings. The zero-order chi connectivity index (χ0) is 34.2. The molecule has 2 aromatic heterocycles. The van der Waals surface area contributed by atoms with Crippen molar-refractivity contribution < 1.29 is 14.3 Å². The van der Waals surface area contributed by atoms with Crippen molar-refractivity contribution in [1.29, 1.82) is 0 Å². The van der Waals surface area contributed by atoms with Gasteiger partial charge in [-0.15, -0.1) is 0 Å². The molecular weight excluding hydrogens is 632 g/mol. The average molecular weight is 681 g/mol. The van der Waals surface area contributed by atoms with Crippen molar-refractivity contribution in [1.82, 2.24) is 29.1 Å². The number of hydrogen-bond acceptors (Lipinski definition) is 9. The number of ether oxygens (including phenoxy) is 2. The van der Waals surface area contributed by atoms with Crippen LogP contribution in [0.4, 0.5) is 16.3 Å². The van der Waals surface area contributed by atoms with E-state index in [1.54, 1.807) is 4.90 Å². The fourth-order valence-corrected chi connectivity index (χ4v) is 8.32.